The fourth-order valence-electron chi connectivity index (χ4n) is 4.45. The molecule has 0 aliphatic heterocycles. The number of benzene rings is 2. The Morgan fingerprint density at radius 2 is 1.74 bits per heavy atom. The zero-order chi connectivity index (χ0) is 30.6. The summed E-state index contributed by atoms with van der Waals surface area (Å²) in [4.78, 5) is 43.5. The number of methoxy groups -OCH3 is 2. The molecule has 2 aromatic carbocycles. The van der Waals surface area contributed by atoms with Crippen LogP contribution in [0.1, 0.15) is 49.8 Å². The van der Waals surface area contributed by atoms with Crippen LogP contribution in [0.25, 0.3) is 11.3 Å². The maximum absolute atomic E-state index is 13.5. The van der Waals surface area contributed by atoms with Crippen molar-refractivity contribution in [3.05, 3.63) is 82.4 Å². The summed E-state index contributed by atoms with van der Waals surface area (Å²) in [5.41, 5.74) is 6.26. The van der Waals surface area contributed by atoms with Crippen LogP contribution in [0.5, 0.6) is 11.5 Å². The molecule has 0 saturated carbocycles. The molecular weight excluding hydrogens is 540 g/mol. The van der Waals surface area contributed by atoms with E-state index < -0.39 is 28.7 Å². The van der Waals surface area contributed by atoms with Crippen molar-refractivity contribution >= 4 is 17.5 Å². The second-order valence-corrected chi connectivity index (χ2v) is 10.5. The Hall–Kier alpha value is -5.00. The lowest BCUT2D eigenvalue weighted by Gasteiger charge is -2.22. The third-order valence-electron chi connectivity index (χ3n) is 6.99. The van der Waals surface area contributed by atoms with Crippen LogP contribution in [0, 0.1) is 5.92 Å². The molecule has 1 unspecified atom stereocenters. The number of carbonyl (C=O) groups excluding carboxylic acids is 2. The highest BCUT2D eigenvalue weighted by atomic mass is 16.5. The Balaban J connectivity index is 1.57. The standard InChI is InChI=1S/C30H34N6O6/c1-17(2)24(33-23(37)16-36-20(15-32-26(31)28(36)39)18-10-8-7-9-11-18)25(38)27-34-35-29(42-27)30(3,4)19-12-13-21(40-5)22(14-19)41-6/h7-15,17,24H,16H2,1-6H3,(H2,31,32)(H,33,37). The number of nitrogen functional groups attached to an aromatic ring is 1. The van der Waals surface area contributed by atoms with E-state index in [0.717, 1.165) is 5.56 Å². The van der Waals surface area contributed by atoms with Crippen molar-refractivity contribution in [1.29, 1.82) is 0 Å². The van der Waals surface area contributed by atoms with Crippen LogP contribution in [-0.4, -0.2) is 51.7 Å². The minimum absolute atomic E-state index is 0.207. The summed E-state index contributed by atoms with van der Waals surface area (Å²) in [5.74, 6) is -0.625. The molecule has 0 radical (unpaired) electrons. The van der Waals surface area contributed by atoms with E-state index in [1.165, 1.54) is 10.8 Å². The summed E-state index contributed by atoms with van der Waals surface area (Å²) in [7, 11) is 3.09. The first kappa shape index (κ1) is 30.0. The summed E-state index contributed by atoms with van der Waals surface area (Å²) < 4.78 is 17.8. The molecule has 4 aromatic rings. The van der Waals surface area contributed by atoms with Crippen molar-refractivity contribution < 1.29 is 23.5 Å². The van der Waals surface area contributed by atoms with Crippen molar-refractivity contribution in [2.45, 2.75) is 45.7 Å². The Bertz CT molecular complexity index is 1640. The molecule has 1 atom stereocenters. The number of nitrogens with one attached hydrogen (secondary N) is 1. The normalized spacial score (nSPS) is 12.2. The number of ether oxygens (including phenoxy) is 2. The van der Waals surface area contributed by atoms with Gasteiger partial charge in [-0.25, -0.2) is 4.98 Å². The molecular formula is C30H34N6O6. The summed E-state index contributed by atoms with van der Waals surface area (Å²) in [6.07, 6.45) is 1.44. The van der Waals surface area contributed by atoms with E-state index in [1.54, 1.807) is 64.5 Å². The number of ketones is 1. The first-order valence-electron chi connectivity index (χ1n) is 13.3. The van der Waals surface area contributed by atoms with Crippen molar-refractivity contribution in [3.63, 3.8) is 0 Å². The summed E-state index contributed by atoms with van der Waals surface area (Å²) in [6, 6.07) is 13.5. The van der Waals surface area contributed by atoms with Crippen molar-refractivity contribution in [1.82, 2.24) is 25.1 Å². The van der Waals surface area contributed by atoms with Gasteiger partial charge in [-0.3, -0.25) is 19.0 Å². The fraction of sp³-hybridized carbons (Fsp3) is 0.333. The van der Waals surface area contributed by atoms with Gasteiger partial charge in [0.15, 0.2) is 17.3 Å². The van der Waals surface area contributed by atoms with Crippen molar-refractivity contribution in [3.8, 4) is 22.8 Å². The van der Waals surface area contributed by atoms with Gasteiger partial charge in [0.05, 0.1) is 37.6 Å². The lowest BCUT2D eigenvalue weighted by Crippen LogP contribution is -2.46. The number of aromatic nitrogens is 4. The molecule has 2 aromatic heterocycles. The monoisotopic (exact) mass is 574 g/mol. The SMILES string of the molecule is COc1ccc(C(C)(C)c2nnc(C(=O)C(NC(=O)Cn3c(-c4ccccc4)cnc(N)c3=O)C(C)C)o2)cc1OC. The lowest BCUT2D eigenvalue weighted by molar-refractivity contribution is -0.122. The number of nitrogens with two attached hydrogens (primary N) is 1. The first-order chi connectivity index (χ1) is 20.0. The van der Waals surface area contributed by atoms with E-state index in [2.05, 4.69) is 20.5 Å². The van der Waals surface area contributed by atoms with E-state index >= 15 is 0 Å². The molecule has 0 aliphatic rings. The zero-order valence-electron chi connectivity index (χ0n) is 24.4. The van der Waals surface area contributed by atoms with Crippen LogP contribution in [0.2, 0.25) is 0 Å². The Morgan fingerprint density at radius 1 is 1.05 bits per heavy atom. The predicted octanol–water partition coefficient (Wildman–Crippen LogP) is 3.24. The number of hydrogen-bond acceptors (Lipinski definition) is 10. The van der Waals surface area contributed by atoms with Crippen LogP contribution >= 0.6 is 0 Å². The van der Waals surface area contributed by atoms with Gasteiger partial charge in [0.1, 0.15) is 6.54 Å². The Labute approximate surface area is 242 Å². The highest BCUT2D eigenvalue weighted by Crippen LogP contribution is 2.36. The molecule has 12 heteroatoms. The molecule has 0 fully saturated rings. The minimum atomic E-state index is -0.995. The van der Waals surface area contributed by atoms with E-state index in [1.807, 2.05) is 26.0 Å². The third kappa shape index (κ3) is 6.02. The van der Waals surface area contributed by atoms with E-state index in [0.29, 0.717) is 22.8 Å². The molecule has 0 bridgehead atoms. The smallest absolute Gasteiger partial charge is 0.294 e. The van der Waals surface area contributed by atoms with E-state index in [4.69, 9.17) is 19.6 Å². The fourth-order valence-corrected chi connectivity index (χ4v) is 4.45. The van der Waals surface area contributed by atoms with Crippen LogP contribution in [-0.2, 0) is 16.8 Å². The van der Waals surface area contributed by atoms with Gasteiger partial charge in [0, 0.05) is 0 Å². The van der Waals surface area contributed by atoms with Crippen molar-refractivity contribution in [2.24, 2.45) is 5.92 Å². The molecule has 220 valence electrons. The third-order valence-corrected chi connectivity index (χ3v) is 6.99. The molecule has 3 N–H and O–H groups in total. The number of carbonyl (C=O) groups is 2. The topological polar surface area (TPSA) is 164 Å². The van der Waals surface area contributed by atoms with Gasteiger partial charge in [-0.2, -0.15) is 0 Å². The number of anilines is 1. The van der Waals surface area contributed by atoms with E-state index in [9.17, 15) is 14.4 Å². The molecule has 4 rings (SSSR count). The van der Waals surface area contributed by atoms with Crippen LogP contribution < -0.4 is 26.1 Å². The van der Waals surface area contributed by atoms with Gasteiger partial charge in [-0.05, 0) is 43.0 Å². The van der Waals surface area contributed by atoms with Crippen molar-refractivity contribution in [2.75, 3.05) is 20.0 Å². The largest absolute Gasteiger partial charge is 0.493 e. The predicted molar refractivity (Wildman–Crippen MR) is 155 cm³/mol. The van der Waals surface area contributed by atoms with Gasteiger partial charge in [0.2, 0.25) is 17.6 Å². The summed E-state index contributed by atoms with van der Waals surface area (Å²) >= 11 is 0. The highest BCUT2D eigenvalue weighted by Gasteiger charge is 2.34. The zero-order valence-corrected chi connectivity index (χ0v) is 24.4. The number of amides is 1. The molecule has 42 heavy (non-hydrogen) atoms. The van der Waals surface area contributed by atoms with Gasteiger partial charge in [-0.1, -0.05) is 50.2 Å². The van der Waals surface area contributed by atoms with Crippen LogP contribution in [0.4, 0.5) is 5.82 Å². The summed E-state index contributed by atoms with van der Waals surface area (Å²) in [5, 5.41) is 10.9. The van der Waals surface area contributed by atoms with Crippen LogP contribution in [0.3, 0.4) is 0 Å². The van der Waals surface area contributed by atoms with Gasteiger partial charge >= 0.3 is 0 Å². The molecule has 1 amide bonds. The quantitative estimate of drug-likeness (QED) is 0.254. The molecule has 0 saturated heterocycles. The second-order valence-electron chi connectivity index (χ2n) is 10.5. The Morgan fingerprint density at radius 3 is 2.38 bits per heavy atom. The van der Waals surface area contributed by atoms with Crippen LogP contribution in [0.15, 0.2) is 63.9 Å². The lowest BCUT2D eigenvalue weighted by atomic mass is 9.84. The number of rotatable bonds is 11. The van der Waals surface area contributed by atoms with Gasteiger partial charge in [-0.15, -0.1) is 10.2 Å². The maximum Gasteiger partial charge on any atom is 0.294 e. The minimum Gasteiger partial charge on any atom is -0.493 e. The maximum atomic E-state index is 13.5. The average molecular weight is 575 g/mol. The average Bonchev–Trinajstić information content (AvgIpc) is 3.49. The van der Waals surface area contributed by atoms with E-state index in [-0.39, 0.29) is 30.1 Å². The first-order valence-corrected chi connectivity index (χ1v) is 13.3. The second kappa shape index (κ2) is 12.2. The molecule has 2 heterocycles. The molecule has 0 aliphatic carbocycles. The Kier molecular flexibility index (Phi) is 8.74. The summed E-state index contributed by atoms with van der Waals surface area (Å²) in [6.45, 7) is 6.92. The van der Waals surface area contributed by atoms with Gasteiger partial charge < -0.3 is 24.9 Å². The molecule has 0 spiro atoms. The van der Waals surface area contributed by atoms with Gasteiger partial charge in [0.25, 0.3) is 11.4 Å². The number of hydrogen-bond donors (Lipinski definition) is 2. The molecule has 12 nitrogen and oxygen atoms in total. The number of Topliss-reactive ketones (excluding diaryl/α,β-unsaturated/α-hetero) is 1. The highest BCUT2D eigenvalue weighted by molar-refractivity contribution is 5.98. The number of nitrogens with zero attached hydrogens (tertiary/aromatic N) is 4.